The number of amides is 1. The summed E-state index contributed by atoms with van der Waals surface area (Å²) in [6, 6.07) is 16.2. The van der Waals surface area contributed by atoms with Crippen LogP contribution >= 0.6 is 15.9 Å². The Morgan fingerprint density at radius 1 is 1.19 bits per heavy atom. The first-order valence-electron chi connectivity index (χ1n) is 10.7. The lowest BCUT2D eigenvalue weighted by atomic mass is 9.73. The molecule has 0 aliphatic carbocycles. The van der Waals surface area contributed by atoms with Crippen LogP contribution in [0.3, 0.4) is 0 Å². The Labute approximate surface area is 192 Å². The Bertz CT molecular complexity index is 1040. The van der Waals surface area contributed by atoms with Crippen LogP contribution in [-0.2, 0) is 21.5 Å². The molecule has 162 valence electrons. The van der Waals surface area contributed by atoms with E-state index in [-0.39, 0.29) is 5.91 Å². The molecule has 5 nitrogen and oxygen atoms in total. The van der Waals surface area contributed by atoms with Crippen molar-refractivity contribution in [2.24, 2.45) is 0 Å². The molecule has 6 heteroatoms. The Balaban J connectivity index is 1.56. The summed E-state index contributed by atoms with van der Waals surface area (Å²) in [7, 11) is 0. The number of halogens is 1. The van der Waals surface area contributed by atoms with Gasteiger partial charge in [-0.15, -0.1) is 0 Å². The van der Waals surface area contributed by atoms with E-state index in [0.717, 1.165) is 33.7 Å². The van der Waals surface area contributed by atoms with Crippen molar-refractivity contribution >= 4 is 27.5 Å². The van der Waals surface area contributed by atoms with Crippen molar-refractivity contribution in [3.05, 3.63) is 82.3 Å². The van der Waals surface area contributed by atoms with Crippen LogP contribution in [0.1, 0.15) is 49.6 Å². The first-order valence-corrected chi connectivity index (χ1v) is 11.5. The lowest BCUT2D eigenvalue weighted by molar-refractivity contribution is -0.125. The number of imidazole rings is 1. The van der Waals surface area contributed by atoms with Crippen molar-refractivity contribution in [2.45, 2.75) is 44.6 Å². The lowest BCUT2D eigenvalue weighted by Crippen LogP contribution is -2.44. The van der Waals surface area contributed by atoms with Crippen LogP contribution in [0.2, 0.25) is 0 Å². The van der Waals surface area contributed by atoms with Crippen molar-refractivity contribution in [3.63, 3.8) is 0 Å². The van der Waals surface area contributed by atoms with Crippen LogP contribution in [0.25, 0.3) is 0 Å². The van der Waals surface area contributed by atoms with Gasteiger partial charge in [-0.05, 0) is 48.2 Å². The summed E-state index contributed by atoms with van der Waals surface area (Å²) in [5, 5.41) is 3.19. The number of nitrogens with zero attached hydrogens (tertiary/aromatic N) is 2. The Morgan fingerprint density at radius 3 is 2.65 bits per heavy atom. The largest absolute Gasteiger partial charge is 0.381 e. The number of nitrogens with one attached hydrogen (secondary N) is 1. The number of carbonyl (C=O) groups excluding carboxylic acids is 1. The van der Waals surface area contributed by atoms with E-state index in [1.54, 1.807) is 0 Å². The second-order valence-corrected chi connectivity index (χ2v) is 9.34. The van der Waals surface area contributed by atoms with E-state index in [1.807, 2.05) is 48.8 Å². The number of carbonyl (C=O) groups is 1. The number of ether oxygens (including phenoxy) is 1. The van der Waals surface area contributed by atoms with E-state index >= 15 is 0 Å². The third-order valence-corrected chi connectivity index (χ3v) is 6.51. The van der Waals surface area contributed by atoms with E-state index in [1.165, 1.54) is 0 Å². The first-order chi connectivity index (χ1) is 15.0. The smallest absolute Gasteiger partial charge is 0.235 e. The molecule has 1 saturated heterocycles. The van der Waals surface area contributed by atoms with Crippen molar-refractivity contribution in [2.75, 3.05) is 18.5 Å². The molecule has 1 aromatic heterocycles. The Hall–Kier alpha value is -2.44. The molecule has 1 amide bonds. The molecular formula is C25H28BrN3O2. The highest BCUT2D eigenvalue weighted by Gasteiger charge is 2.41. The molecule has 1 aliphatic heterocycles. The zero-order valence-electron chi connectivity index (χ0n) is 18.0. The second-order valence-electron chi connectivity index (χ2n) is 8.42. The average molecular weight is 482 g/mol. The highest BCUT2D eigenvalue weighted by atomic mass is 79.9. The predicted molar refractivity (Wildman–Crippen MR) is 126 cm³/mol. The second kappa shape index (κ2) is 9.37. The van der Waals surface area contributed by atoms with Crippen LogP contribution in [0.4, 0.5) is 5.69 Å². The van der Waals surface area contributed by atoms with Gasteiger partial charge in [0.15, 0.2) is 0 Å². The predicted octanol–water partition coefficient (Wildman–Crippen LogP) is 5.50. The zero-order valence-corrected chi connectivity index (χ0v) is 19.6. The number of hydrogen-bond acceptors (Lipinski definition) is 3. The van der Waals surface area contributed by atoms with Crippen molar-refractivity contribution in [1.82, 2.24) is 9.55 Å². The third kappa shape index (κ3) is 4.75. The van der Waals surface area contributed by atoms with Gasteiger partial charge in [0.1, 0.15) is 5.82 Å². The topological polar surface area (TPSA) is 56.2 Å². The standard InChI is InChI=1S/C25H28BrN3O2/c1-18(2)23-27-12-13-29(23)17-19-4-3-5-22(16-19)28-24(30)25(10-14-31-15-11-25)20-6-8-21(26)9-7-20/h3-9,12-13,16,18H,10-11,14-15,17H2,1-2H3,(H,28,30). The fourth-order valence-corrected chi connectivity index (χ4v) is 4.55. The SMILES string of the molecule is CC(C)c1nccn1Cc1cccc(NC(=O)C2(c3ccc(Br)cc3)CCOCC2)c1. The molecule has 1 aliphatic rings. The van der Waals surface area contributed by atoms with Crippen LogP contribution in [0.15, 0.2) is 65.4 Å². The zero-order chi connectivity index (χ0) is 21.8. The molecule has 0 atom stereocenters. The van der Waals surface area contributed by atoms with E-state index in [2.05, 4.69) is 56.8 Å². The van der Waals surface area contributed by atoms with E-state index in [9.17, 15) is 4.79 Å². The normalized spacial score (nSPS) is 15.7. The summed E-state index contributed by atoms with van der Waals surface area (Å²) in [5.74, 6) is 1.45. The Morgan fingerprint density at radius 2 is 1.94 bits per heavy atom. The minimum Gasteiger partial charge on any atom is -0.381 e. The lowest BCUT2D eigenvalue weighted by Gasteiger charge is -2.36. The summed E-state index contributed by atoms with van der Waals surface area (Å²) in [4.78, 5) is 18.0. The maximum absolute atomic E-state index is 13.6. The third-order valence-electron chi connectivity index (χ3n) is 5.98. The van der Waals surface area contributed by atoms with Crippen LogP contribution < -0.4 is 5.32 Å². The molecular weight excluding hydrogens is 454 g/mol. The van der Waals surface area contributed by atoms with Gasteiger partial charge in [0.05, 0.1) is 5.41 Å². The molecule has 4 rings (SSSR count). The van der Waals surface area contributed by atoms with E-state index < -0.39 is 5.41 Å². The minimum atomic E-state index is -0.579. The van der Waals surface area contributed by atoms with Gasteiger partial charge in [0.2, 0.25) is 5.91 Å². The quantitative estimate of drug-likeness (QED) is 0.505. The molecule has 2 aromatic carbocycles. The molecule has 0 spiro atoms. The van der Waals surface area contributed by atoms with Gasteiger partial charge in [-0.1, -0.05) is 54.0 Å². The highest BCUT2D eigenvalue weighted by Crippen LogP contribution is 2.37. The summed E-state index contributed by atoms with van der Waals surface area (Å²) < 4.78 is 8.75. The van der Waals surface area contributed by atoms with E-state index in [4.69, 9.17) is 4.74 Å². The number of hydrogen-bond donors (Lipinski definition) is 1. The molecule has 1 fully saturated rings. The average Bonchev–Trinajstić information content (AvgIpc) is 3.23. The molecule has 3 aromatic rings. The summed E-state index contributed by atoms with van der Waals surface area (Å²) in [6.45, 7) is 6.18. The fourth-order valence-electron chi connectivity index (χ4n) is 4.29. The van der Waals surface area contributed by atoms with Gasteiger partial charge in [-0.3, -0.25) is 4.79 Å². The van der Waals surface area contributed by atoms with Crippen LogP contribution in [0.5, 0.6) is 0 Å². The van der Waals surface area contributed by atoms with Crippen LogP contribution in [-0.4, -0.2) is 28.7 Å². The van der Waals surface area contributed by atoms with Gasteiger partial charge < -0.3 is 14.6 Å². The summed E-state index contributed by atoms with van der Waals surface area (Å²) in [5.41, 5.74) is 2.40. The van der Waals surface area contributed by atoms with Crippen LogP contribution in [0, 0.1) is 0 Å². The van der Waals surface area contributed by atoms with Gasteiger partial charge in [0.25, 0.3) is 0 Å². The number of aromatic nitrogens is 2. The molecule has 2 heterocycles. The van der Waals surface area contributed by atoms with Gasteiger partial charge in [0, 0.05) is 48.2 Å². The Kier molecular flexibility index (Phi) is 6.58. The molecule has 0 saturated carbocycles. The van der Waals surface area contributed by atoms with Gasteiger partial charge >= 0.3 is 0 Å². The summed E-state index contributed by atoms with van der Waals surface area (Å²) in [6.07, 6.45) is 5.19. The molecule has 1 N–H and O–H groups in total. The van der Waals surface area contributed by atoms with Crippen molar-refractivity contribution in [1.29, 1.82) is 0 Å². The van der Waals surface area contributed by atoms with Gasteiger partial charge in [-0.2, -0.15) is 0 Å². The number of rotatable bonds is 6. The monoisotopic (exact) mass is 481 g/mol. The molecule has 0 bridgehead atoms. The van der Waals surface area contributed by atoms with Crippen molar-refractivity contribution in [3.8, 4) is 0 Å². The van der Waals surface area contributed by atoms with E-state index in [0.29, 0.717) is 32.0 Å². The fraction of sp³-hybridized carbons (Fsp3) is 0.360. The summed E-state index contributed by atoms with van der Waals surface area (Å²) >= 11 is 3.49. The number of anilines is 1. The first kappa shape index (κ1) is 21.8. The highest BCUT2D eigenvalue weighted by molar-refractivity contribution is 9.10. The molecule has 0 unspecified atom stereocenters. The van der Waals surface area contributed by atoms with Gasteiger partial charge in [-0.25, -0.2) is 4.98 Å². The number of benzene rings is 2. The molecule has 0 radical (unpaired) electrons. The minimum absolute atomic E-state index is 0.0285. The maximum atomic E-state index is 13.6. The van der Waals surface area contributed by atoms with Crippen molar-refractivity contribution < 1.29 is 9.53 Å². The molecule has 31 heavy (non-hydrogen) atoms. The maximum Gasteiger partial charge on any atom is 0.235 e.